The summed E-state index contributed by atoms with van der Waals surface area (Å²) in [7, 11) is 1.60. The van der Waals surface area contributed by atoms with Gasteiger partial charge in [-0.2, -0.15) is 13.2 Å². The lowest BCUT2D eigenvalue weighted by molar-refractivity contribution is -0.137. The minimum absolute atomic E-state index is 0.120. The van der Waals surface area contributed by atoms with E-state index in [-0.39, 0.29) is 10.7 Å². The first-order valence-electron chi connectivity index (χ1n) is 10.9. The number of fused-ring (bicyclic) bond motifs is 1. The van der Waals surface area contributed by atoms with Gasteiger partial charge in [-0.1, -0.05) is 11.6 Å². The van der Waals surface area contributed by atoms with E-state index >= 15 is 0 Å². The Balaban J connectivity index is 1.38. The number of aliphatic imine (C=N–C) groups is 1. The lowest BCUT2D eigenvalue weighted by Gasteiger charge is -2.10. The number of hydrogen-bond donors (Lipinski definition) is 3. The van der Waals surface area contributed by atoms with Gasteiger partial charge in [0.1, 0.15) is 21.3 Å². The summed E-state index contributed by atoms with van der Waals surface area (Å²) in [6, 6.07) is 3.88. The molecule has 0 saturated carbocycles. The molecule has 0 fully saturated rings. The van der Waals surface area contributed by atoms with Gasteiger partial charge in [-0.3, -0.25) is 14.6 Å². The molecule has 9 nitrogen and oxygen atoms in total. The molecule has 14 heteroatoms. The van der Waals surface area contributed by atoms with Crippen LogP contribution in [-0.2, 0) is 11.0 Å². The molecule has 196 valence electrons. The van der Waals surface area contributed by atoms with E-state index in [1.807, 2.05) is 12.1 Å². The normalized spacial score (nSPS) is 13.2. The molecule has 4 heterocycles. The van der Waals surface area contributed by atoms with Crippen molar-refractivity contribution < 1.29 is 22.8 Å². The lowest BCUT2D eigenvalue weighted by Crippen LogP contribution is -2.24. The first-order chi connectivity index (χ1) is 18.0. The second kappa shape index (κ2) is 11.1. The highest BCUT2D eigenvalue weighted by atomic mass is 35.5. The van der Waals surface area contributed by atoms with Crippen molar-refractivity contribution in [3.63, 3.8) is 0 Å². The van der Waals surface area contributed by atoms with Crippen molar-refractivity contribution in [1.29, 1.82) is 0 Å². The van der Waals surface area contributed by atoms with Crippen LogP contribution in [0.15, 0.2) is 60.1 Å². The Bertz CT molecular complexity index is 1560. The number of anilines is 1. The number of nitrogens with one attached hydrogen (secondary N) is 3. The maximum Gasteiger partial charge on any atom is 0.418 e. The summed E-state index contributed by atoms with van der Waals surface area (Å²) in [6.45, 7) is 1.68. The van der Waals surface area contributed by atoms with Gasteiger partial charge in [0.15, 0.2) is 0 Å². The molecule has 2 amide bonds. The molecule has 0 radical (unpaired) electrons. The zero-order valence-electron chi connectivity index (χ0n) is 19.8. The van der Waals surface area contributed by atoms with Gasteiger partial charge in [0.05, 0.1) is 28.5 Å². The number of pyridine rings is 2. The first-order valence-corrected chi connectivity index (χ1v) is 12.1. The van der Waals surface area contributed by atoms with E-state index in [1.165, 1.54) is 12.3 Å². The van der Waals surface area contributed by atoms with Gasteiger partial charge in [-0.05, 0) is 31.2 Å². The molecule has 0 bridgehead atoms. The highest BCUT2D eigenvalue weighted by Gasteiger charge is 2.34. The van der Waals surface area contributed by atoms with E-state index < -0.39 is 34.6 Å². The zero-order valence-corrected chi connectivity index (χ0v) is 21.4. The molecule has 0 aromatic carbocycles. The number of aromatic amines is 1. The number of aromatic nitrogens is 4. The lowest BCUT2D eigenvalue weighted by atomic mass is 10.1. The van der Waals surface area contributed by atoms with Crippen molar-refractivity contribution in [3.8, 4) is 0 Å². The SMILES string of the molecule is CN=C(/C=C/C(=O)NC(C)c1ncc(C(=O)Nc2cc(C(F)(F)F)c(Cl)cn2)s1)c1cnc2[nH]ccc2c1. The number of halogens is 4. The number of alkyl halides is 3. The van der Waals surface area contributed by atoms with Crippen LogP contribution >= 0.6 is 22.9 Å². The fourth-order valence-corrected chi connectivity index (χ4v) is 4.38. The highest BCUT2D eigenvalue weighted by Crippen LogP contribution is 2.35. The smallest absolute Gasteiger partial charge is 0.346 e. The van der Waals surface area contributed by atoms with E-state index in [1.54, 1.807) is 32.4 Å². The first kappa shape index (κ1) is 26.9. The molecule has 3 N–H and O–H groups in total. The maximum atomic E-state index is 13.1. The van der Waals surface area contributed by atoms with Crippen molar-refractivity contribution >= 4 is 57.3 Å². The maximum absolute atomic E-state index is 13.1. The molecule has 38 heavy (non-hydrogen) atoms. The molecule has 0 aliphatic carbocycles. The van der Waals surface area contributed by atoms with Gasteiger partial charge in [-0.15, -0.1) is 11.3 Å². The quantitative estimate of drug-likeness (QED) is 0.211. The summed E-state index contributed by atoms with van der Waals surface area (Å²) in [4.78, 5) is 44.5. The van der Waals surface area contributed by atoms with Crippen molar-refractivity contribution in [2.45, 2.75) is 19.1 Å². The minimum atomic E-state index is -4.70. The summed E-state index contributed by atoms with van der Waals surface area (Å²) in [5, 5.41) is 5.80. The van der Waals surface area contributed by atoms with Crippen LogP contribution in [0.25, 0.3) is 11.0 Å². The Morgan fingerprint density at radius 1 is 1.16 bits per heavy atom. The van der Waals surface area contributed by atoms with Gasteiger partial charge >= 0.3 is 6.18 Å². The number of rotatable bonds is 7. The summed E-state index contributed by atoms with van der Waals surface area (Å²) < 4.78 is 39.2. The van der Waals surface area contributed by atoms with Gasteiger partial charge in [0, 0.05) is 42.7 Å². The summed E-state index contributed by atoms with van der Waals surface area (Å²) in [5.41, 5.74) is 0.925. The molecule has 4 rings (SSSR count). The standard InChI is InChI=1S/C24H19ClF3N7O2S/c1-12(34-20(36)4-3-17(29-2)14-7-13-5-6-30-21(13)32-9-14)23-33-11-18(38-23)22(37)35-19-8-15(24(26,27)28)16(25)10-31-19/h3-12H,1-2H3,(H,30,32)(H,34,36)(H,31,35,37)/b4-3+,29-17?. The van der Waals surface area contributed by atoms with E-state index in [2.05, 4.69) is 35.6 Å². The average Bonchev–Trinajstić information content (AvgIpc) is 3.54. The van der Waals surface area contributed by atoms with E-state index in [0.717, 1.165) is 34.1 Å². The van der Waals surface area contributed by atoms with Crippen LogP contribution < -0.4 is 10.6 Å². The minimum Gasteiger partial charge on any atom is -0.346 e. The average molecular weight is 562 g/mol. The van der Waals surface area contributed by atoms with Gasteiger partial charge in [0.2, 0.25) is 5.91 Å². The Morgan fingerprint density at radius 2 is 1.95 bits per heavy atom. The molecule has 1 unspecified atom stereocenters. The van der Waals surface area contributed by atoms with E-state index in [4.69, 9.17) is 11.6 Å². The van der Waals surface area contributed by atoms with Crippen LogP contribution in [0.4, 0.5) is 19.0 Å². The van der Waals surface area contributed by atoms with Crippen molar-refractivity contribution in [1.82, 2.24) is 25.3 Å². The van der Waals surface area contributed by atoms with Crippen LogP contribution in [-0.4, -0.2) is 44.5 Å². The van der Waals surface area contributed by atoms with Crippen LogP contribution in [0.1, 0.15) is 38.8 Å². The van der Waals surface area contributed by atoms with E-state index in [0.29, 0.717) is 16.8 Å². The number of allylic oxidation sites excluding steroid dienone is 1. The van der Waals surface area contributed by atoms with Crippen LogP contribution in [0.2, 0.25) is 5.02 Å². The third kappa shape index (κ3) is 6.23. The number of thiazole rings is 1. The van der Waals surface area contributed by atoms with Crippen molar-refractivity contribution in [3.05, 3.63) is 81.2 Å². The van der Waals surface area contributed by atoms with E-state index in [9.17, 15) is 22.8 Å². The third-order valence-corrected chi connectivity index (χ3v) is 6.69. The zero-order chi connectivity index (χ0) is 27.4. The molecule has 4 aromatic rings. The number of carbonyl (C=O) groups is 2. The fourth-order valence-electron chi connectivity index (χ4n) is 3.35. The molecular formula is C24H19ClF3N7O2S. The van der Waals surface area contributed by atoms with Crippen LogP contribution in [0.3, 0.4) is 0 Å². The Kier molecular flexibility index (Phi) is 7.88. The number of amides is 2. The highest BCUT2D eigenvalue weighted by molar-refractivity contribution is 7.13. The molecule has 0 aliphatic rings. The topological polar surface area (TPSA) is 125 Å². The number of H-pyrrole nitrogens is 1. The molecule has 4 aromatic heterocycles. The van der Waals surface area contributed by atoms with Gasteiger partial charge in [-0.25, -0.2) is 15.0 Å². The predicted molar refractivity (Wildman–Crippen MR) is 139 cm³/mol. The Hall–Kier alpha value is -4.10. The van der Waals surface area contributed by atoms with Gasteiger partial charge in [0.25, 0.3) is 5.91 Å². The predicted octanol–water partition coefficient (Wildman–Crippen LogP) is 5.19. The molecular weight excluding hydrogens is 543 g/mol. The van der Waals surface area contributed by atoms with Gasteiger partial charge < -0.3 is 15.6 Å². The molecule has 0 saturated heterocycles. The molecule has 0 spiro atoms. The summed E-state index contributed by atoms with van der Waals surface area (Å²) in [6.07, 6.45) is 3.69. The number of nitrogens with zero attached hydrogens (tertiary/aromatic N) is 4. The number of hydrogen-bond acceptors (Lipinski definition) is 7. The summed E-state index contributed by atoms with van der Waals surface area (Å²) in [5.74, 6) is -1.43. The van der Waals surface area contributed by atoms with Crippen molar-refractivity contribution in [2.75, 3.05) is 12.4 Å². The second-order valence-electron chi connectivity index (χ2n) is 7.88. The number of carbonyl (C=O) groups excluding carboxylic acids is 2. The molecule has 0 aliphatic heterocycles. The molecule has 1 atom stereocenters. The summed E-state index contributed by atoms with van der Waals surface area (Å²) >= 11 is 6.53. The monoisotopic (exact) mass is 561 g/mol. The van der Waals surface area contributed by atoms with Crippen molar-refractivity contribution in [2.24, 2.45) is 4.99 Å². The second-order valence-corrected chi connectivity index (χ2v) is 9.35. The Labute approximate surface area is 222 Å². The van der Waals surface area contributed by atoms with Crippen LogP contribution in [0.5, 0.6) is 0 Å². The Morgan fingerprint density at radius 3 is 2.68 bits per heavy atom. The van der Waals surface area contributed by atoms with Crippen LogP contribution in [0, 0.1) is 0 Å². The third-order valence-electron chi connectivity index (χ3n) is 5.21. The largest absolute Gasteiger partial charge is 0.418 e. The fraction of sp³-hybridized carbons (Fsp3) is 0.167.